The quantitative estimate of drug-likeness (QED) is 0.824. The average molecular weight is 333 g/mol. The molecule has 0 unspecified atom stereocenters. The molecular formula is C17H24O3Si2. The average Bonchev–Trinajstić information content (AvgIpc) is 2.44. The van der Waals surface area contributed by atoms with Gasteiger partial charge in [0, 0.05) is 0 Å². The number of hydrogen-bond acceptors (Lipinski definition) is 3. The highest BCUT2D eigenvalue weighted by atomic mass is 28.4. The highest BCUT2D eigenvalue weighted by Gasteiger charge is 2.27. The van der Waals surface area contributed by atoms with Gasteiger partial charge < -0.3 is 14.3 Å². The van der Waals surface area contributed by atoms with E-state index in [9.17, 15) is 9.59 Å². The van der Waals surface area contributed by atoms with Crippen molar-refractivity contribution < 1.29 is 14.3 Å². The van der Waals surface area contributed by atoms with Gasteiger partial charge in [-0.15, -0.1) is 0 Å². The molecule has 2 rings (SSSR count). The minimum Gasteiger partial charge on any atom is -0.489 e. The molecule has 0 bridgehead atoms. The standard InChI is InChI=1S/C17H24O3Si2/c1-21(2,18)16-10-15(11-17(12-16)22(3,4)19)20-13-14-8-6-5-7-9-14/h5-12,18-19H,13H2,1-4H3. The first-order valence-corrected chi connectivity index (χ1v) is 13.3. The Kier molecular flexibility index (Phi) is 4.91. The first kappa shape index (κ1) is 17.0. The Morgan fingerprint density at radius 2 is 1.32 bits per heavy atom. The van der Waals surface area contributed by atoms with E-state index in [-0.39, 0.29) is 0 Å². The van der Waals surface area contributed by atoms with E-state index in [1.165, 1.54) is 0 Å². The summed E-state index contributed by atoms with van der Waals surface area (Å²) in [5.74, 6) is 0.709. The molecule has 0 amide bonds. The third-order valence-electron chi connectivity index (χ3n) is 3.57. The third kappa shape index (κ3) is 4.54. The summed E-state index contributed by atoms with van der Waals surface area (Å²) in [4.78, 5) is 20.8. The van der Waals surface area contributed by atoms with Gasteiger partial charge in [-0.25, -0.2) is 0 Å². The van der Waals surface area contributed by atoms with Gasteiger partial charge in [-0.2, -0.15) is 0 Å². The van der Waals surface area contributed by atoms with E-state index in [0.29, 0.717) is 12.4 Å². The predicted molar refractivity (Wildman–Crippen MR) is 95.9 cm³/mol. The van der Waals surface area contributed by atoms with Crippen molar-refractivity contribution in [3.8, 4) is 5.75 Å². The molecule has 0 spiro atoms. The fourth-order valence-electron chi connectivity index (χ4n) is 2.13. The van der Waals surface area contributed by atoms with Crippen LogP contribution in [0.5, 0.6) is 5.75 Å². The molecular weight excluding hydrogens is 308 g/mol. The molecule has 0 aliphatic heterocycles. The second-order valence-corrected chi connectivity index (χ2v) is 14.0. The summed E-state index contributed by atoms with van der Waals surface area (Å²) in [6.45, 7) is 7.97. The van der Waals surface area contributed by atoms with Crippen molar-refractivity contribution >= 4 is 27.0 Å². The summed E-state index contributed by atoms with van der Waals surface area (Å²) >= 11 is 0. The van der Waals surface area contributed by atoms with Gasteiger partial charge in [0.05, 0.1) is 0 Å². The molecule has 2 N–H and O–H groups in total. The first-order valence-electron chi connectivity index (χ1n) is 7.44. The molecule has 2 aromatic carbocycles. The smallest absolute Gasteiger partial charge is 0.214 e. The molecule has 22 heavy (non-hydrogen) atoms. The van der Waals surface area contributed by atoms with Gasteiger partial charge in [0.15, 0.2) is 0 Å². The van der Waals surface area contributed by atoms with Crippen LogP contribution < -0.4 is 15.1 Å². The van der Waals surface area contributed by atoms with E-state index >= 15 is 0 Å². The van der Waals surface area contributed by atoms with Gasteiger partial charge in [0.1, 0.15) is 12.4 Å². The molecule has 0 saturated heterocycles. The molecule has 3 nitrogen and oxygen atoms in total. The molecule has 0 aromatic heterocycles. The van der Waals surface area contributed by atoms with Crippen molar-refractivity contribution in [1.29, 1.82) is 0 Å². The lowest BCUT2D eigenvalue weighted by molar-refractivity contribution is 0.306. The topological polar surface area (TPSA) is 49.7 Å². The summed E-state index contributed by atoms with van der Waals surface area (Å²) in [5, 5.41) is 1.78. The van der Waals surface area contributed by atoms with Gasteiger partial charge in [-0.05, 0) is 54.3 Å². The fourth-order valence-corrected chi connectivity index (χ4v) is 4.28. The van der Waals surface area contributed by atoms with Crippen LogP contribution in [0.2, 0.25) is 26.2 Å². The SMILES string of the molecule is C[Si](C)(O)c1cc(OCc2ccccc2)cc([Si](C)(C)O)c1. The van der Waals surface area contributed by atoms with Gasteiger partial charge in [0.25, 0.3) is 0 Å². The van der Waals surface area contributed by atoms with E-state index in [2.05, 4.69) is 0 Å². The van der Waals surface area contributed by atoms with E-state index in [0.717, 1.165) is 15.9 Å². The number of rotatable bonds is 5. The van der Waals surface area contributed by atoms with E-state index in [1.807, 2.05) is 74.7 Å². The van der Waals surface area contributed by atoms with E-state index in [4.69, 9.17) is 4.74 Å². The second kappa shape index (κ2) is 6.38. The molecule has 118 valence electrons. The maximum atomic E-state index is 10.4. The maximum Gasteiger partial charge on any atom is 0.214 e. The summed E-state index contributed by atoms with van der Waals surface area (Å²) in [6.07, 6.45) is 0. The maximum absolute atomic E-state index is 10.4. The van der Waals surface area contributed by atoms with Crippen LogP contribution in [0.3, 0.4) is 0 Å². The van der Waals surface area contributed by atoms with Crippen molar-refractivity contribution in [2.75, 3.05) is 0 Å². The van der Waals surface area contributed by atoms with Crippen LogP contribution in [-0.2, 0) is 6.61 Å². The van der Waals surface area contributed by atoms with Crippen molar-refractivity contribution in [3.05, 3.63) is 54.1 Å². The van der Waals surface area contributed by atoms with Crippen LogP contribution in [0.4, 0.5) is 0 Å². The Labute approximate surface area is 134 Å². The molecule has 0 fully saturated rings. The Morgan fingerprint density at radius 1 is 0.818 bits per heavy atom. The Hall–Kier alpha value is -1.41. The van der Waals surface area contributed by atoms with Crippen molar-refractivity contribution in [3.63, 3.8) is 0 Å². The van der Waals surface area contributed by atoms with Crippen LogP contribution in [-0.4, -0.2) is 26.2 Å². The predicted octanol–water partition coefficient (Wildman–Crippen LogP) is 2.07. The third-order valence-corrected chi connectivity index (χ3v) is 6.97. The molecule has 0 aliphatic carbocycles. The van der Waals surface area contributed by atoms with E-state index in [1.54, 1.807) is 0 Å². The normalized spacial score (nSPS) is 12.3. The van der Waals surface area contributed by atoms with Crippen LogP contribution in [0, 0.1) is 0 Å². The zero-order chi connectivity index (χ0) is 16.4. The first-order chi connectivity index (χ1) is 10.2. The Bertz CT molecular complexity index is 596. The lowest BCUT2D eigenvalue weighted by Crippen LogP contribution is -2.48. The molecule has 2 aromatic rings. The van der Waals surface area contributed by atoms with Crippen LogP contribution in [0.15, 0.2) is 48.5 Å². The molecule has 0 saturated carbocycles. The second-order valence-electron chi connectivity index (χ2n) is 6.64. The van der Waals surface area contributed by atoms with E-state index < -0.39 is 16.6 Å². The molecule has 0 radical (unpaired) electrons. The van der Waals surface area contributed by atoms with Crippen molar-refractivity contribution in [1.82, 2.24) is 0 Å². The number of ether oxygens (including phenoxy) is 1. The summed E-state index contributed by atoms with van der Waals surface area (Å²) < 4.78 is 5.89. The lowest BCUT2D eigenvalue weighted by atomic mass is 10.2. The lowest BCUT2D eigenvalue weighted by Gasteiger charge is -2.22. The Morgan fingerprint density at radius 3 is 1.77 bits per heavy atom. The highest BCUT2D eigenvalue weighted by Crippen LogP contribution is 2.14. The monoisotopic (exact) mass is 332 g/mol. The van der Waals surface area contributed by atoms with Crippen LogP contribution in [0.1, 0.15) is 5.56 Å². The largest absolute Gasteiger partial charge is 0.489 e. The van der Waals surface area contributed by atoms with Gasteiger partial charge in [-0.3, -0.25) is 0 Å². The minimum absolute atomic E-state index is 0.477. The fraction of sp³-hybridized carbons (Fsp3) is 0.294. The Balaban J connectivity index is 2.30. The molecule has 0 aliphatic rings. The summed E-state index contributed by atoms with van der Waals surface area (Å²) in [5.41, 5.74) is 1.09. The summed E-state index contributed by atoms with van der Waals surface area (Å²) in [7, 11) is -4.90. The van der Waals surface area contributed by atoms with Crippen LogP contribution >= 0.6 is 0 Å². The minimum atomic E-state index is -2.45. The highest BCUT2D eigenvalue weighted by molar-refractivity contribution is 6.86. The van der Waals surface area contributed by atoms with Crippen molar-refractivity contribution in [2.45, 2.75) is 32.8 Å². The summed E-state index contributed by atoms with van der Waals surface area (Å²) in [6, 6.07) is 15.7. The molecule has 0 atom stereocenters. The number of hydrogen-bond donors (Lipinski definition) is 2. The zero-order valence-electron chi connectivity index (χ0n) is 13.6. The van der Waals surface area contributed by atoms with Crippen molar-refractivity contribution in [2.24, 2.45) is 0 Å². The van der Waals surface area contributed by atoms with Gasteiger partial charge in [-0.1, -0.05) is 36.4 Å². The van der Waals surface area contributed by atoms with Crippen LogP contribution in [0.25, 0.3) is 0 Å². The number of benzene rings is 2. The molecule has 0 heterocycles. The van der Waals surface area contributed by atoms with Gasteiger partial charge >= 0.3 is 0 Å². The van der Waals surface area contributed by atoms with Gasteiger partial charge in [0.2, 0.25) is 16.6 Å². The zero-order valence-corrected chi connectivity index (χ0v) is 15.6. The molecule has 5 heteroatoms.